The van der Waals surface area contributed by atoms with Crippen molar-refractivity contribution in [1.82, 2.24) is 5.32 Å². The largest absolute Gasteiger partial charge is 0.417 e. The van der Waals surface area contributed by atoms with Crippen LogP contribution in [0, 0.1) is 0 Å². The van der Waals surface area contributed by atoms with E-state index in [1.54, 1.807) is 0 Å². The van der Waals surface area contributed by atoms with Crippen LogP contribution >= 0.6 is 31.9 Å². The SMILES string of the molecule is O=C(NCCCCCBr)c1ccc(Br)c(C(F)(F)F)c1. The van der Waals surface area contributed by atoms with E-state index in [0.29, 0.717) is 6.54 Å². The molecule has 0 bridgehead atoms. The standard InChI is InChI=1S/C13H14Br2F3NO/c14-6-2-1-3-7-19-12(20)9-4-5-11(15)10(8-9)13(16,17)18/h4-5,8H,1-3,6-7H2,(H,19,20). The molecule has 0 heterocycles. The molecule has 1 N–H and O–H groups in total. The van der Waals surface area contributed by atoms with Crippen LogP contribution in [-0.2, 0) is 6.18 Å². The maximum absolute atomic E-state index is 12.7. The van der Waals surface area contributed by atoms with Crippen molar-refractivity contribution in [3.8, 4) is 0 Å². The van der Waals surface area contributed by atoms with E-state index in [9.17, 15) is 18.0 Å². The molecule has 0 unspecified atom stereocenters. The number of alkyl halides is 4. The Hall–Kier alpha value is -0.560. The second kappa shape index (κ2) is 8.02. The summed E-state index contributed by atoms with van der Waals surface area (Å²) in [6, 6.07) is 3.47. The molecule has 1 aromatic carbocycles. The number of rotatable bonds is 6. The van der Waals surface area contributed by atoms with Crippen LogP contribution in [0.1, 0.15) is 35.2 Å². The molecule has 0 saturated heterocycles. The van der Waals surface area contributed by atoms with Crippen LogP contribution in [-0.4, -0.2) is 17.8 Å². The minimum atomic E-state index is -4.48. The average molecular weight is 417 g/mol. The van der Waals surface area contributed by atoms with E-state index in [2.05, 4.69) is 37.2 Å². The van der Waals surface area contributed by atoms with Gasteiger partial charge in [-0.15, -0.1) is 0 Å². The molecule has 20 heavy (non-hydrogen) atoms. The molecule has 0 aromatic heterocycles. The molecule has 0 aliphatic heterocycles. The highest BCUT2D eigenvalue weighted by molar-refractivity contribution is 9.10. The second-order valence-electron chi connectivity index (χ2n) is 4.20. The minimum Gasteiger partial charge on any atom is -0.352 e. The molecular weight excluding hydrogens is 403 g/mol. The van der Waals surface area contributed by atoms with Crippen LogP contribution in [0.2, 0.25) is 0 Å². The maximum atomic E-state index is 12.7. The fourth-order valence-electron chi connectivity index (χ4n) is 1.58. The van der Waals surface area contributed by atoms with Crippen molar-refractivity contribution in [2.45, 2.75) is 25.4 Å². The van der Waals surface area contributed by atoms with Gasteiger partial charge in [0.1, 0.15) is 0 Å². The van der Waals surface area contributed by atoms with Gasteiger partial charge in [-0.2, -0.15) is 13.2 Å². The lowest BCUT2D eigenvalue weighted by Crippen LogP contribution is -2.25. The Morgan fingerprint density at radius 3 is 2.50 bits per heavy atom. The van der Waals surface area contributed by atoms with Crippen LogP contribution in [0.4, 0.5) is 13.2 Å². The first kappa shape index (κ1) is 17.5. The zero-order chi connectivity index (χ0) is 15.2. The first-order chi connectivity index (χ1) is 9.36. The highest BCUT2D eigenvalue weighted by atomic mass is 79.9. The minimum absolute atomic E-state index is 0.0148. The van der Waals surface area contributed by atoms with E-state index in [1.807, 2.05) is 0 Å². The average Bonchev–Trinajstić information content (AvgIpc) is 2.37. The van der Waals surface area contributed by atoms with Crippen molar-refractivity contribution in [2.24, 2.45) is 0 Å². The Balaban J connectivity index is 2.65. The summed E-state index contributed by atoms with van der Waals surface area (Å²) in [5.41, 5.74) is -0.828. The van der Waals surface area contributed by atoms with E-state index in [-0.39, 0.29) is 10.0 Å². The van der Waals surface area contributed by atoms with Gasteiger partial charge >= 0.3 is 6.18 Å². The van der Waals surface area contributed by atoms with Gasteiger partial charge in [0.15, 0.2) is 0 Å². The third-order valence-corrected chi connectivity index (χ3v) is 3.88. The van der Waals surface area contributed by atoms with E-state index in [0.717, 1.165) is 30.7 Å². The van der Waals surface area contributed by atoms with Crippen molar-refractivity contribution < 1.29 is 18.0 Å². The predicted molar refractivity (Wildman–Crippen MR) is 79.1 cm³/mol. The van der Waals surface area contributed by atoms with Crippen LogP contribution in [0.15, 0.2) is 22.7 Å². The van der Waals surface area contributed by atoms with Crippen molar-refractivity contribution >= 4 is 37.8 Å². The Kier molecular flexibility index (Phi) is 7.02. The lowest BCUT2D eigenvalue weighted by atomic mass is 10.1. The van der Waals surface area contributed by atoms with Crippen LogP contribution in [0.5, 0.6) is 0 Å². The number of unbranched alkanes of at least 4 members (excludes halogenated alkanes) is 2. The molecular formula is C13H14Br2F3NO. The van der Waals surface area contributed by atoms with Crippen molar-refractivity contribution in [1.29, 1.82) is 0 Å². The van der Waals surface area contributed by atoms with Gasteiger partial charge in [-0.3, -0.25) is 4.79 Å². The monoisotopic (exact) mass is 415 g/mol. The van der Waals surface area contributed by atoms with Crippen LogP contribution < -0.4 is 5.32 Å². The summed E-state index contributed by atoms with van der Waals surface area (Å²) in [6.07, 6.45) is -1.71. The number of nitrogens with one attached hydrogen (secondary N) is 1. The third-order valence-electron chi connectivity index (χ3n) is 2.63. The van der Waals surface area contributed by atoms with Gasteiger partial charge in [0, 0.05) is 21.9 Å². The molecule has 1 rings (SSSR count). The summed E-state index contributed by atoms with van der Waals surface area (Å²) < 4.78 is 38.1. The molecule has 1 aromatic rings. The molecule has 0 atom stereocenters. The Morgan fingerprint density at radius 1 is 1.20 bits per heavy atom. The van der Waals surface area contributed by atoms with E-state index in [1.165, 1.54) is 12.1 Å². The molecule has 7 heteroatoms. The van der Waals surface area contributed by atoms with E-state index in [4.69, 9.17) is 0 Å². The van der Waals surface area contributed by atoms with Gasteiger partial charge in [0.05, 0.1) is 5.56 Å². The topological polar surface area (TPSA) is 29.1 Å². The van der Waals surface area contributed by atoms with Crippen molar-refractivity contribution in [2.75, 3.05) is 11.9 Å². The lowest BCUT2D eigenvalue weighted by Gasteiger charge is -2.11. The van der Waals surface area contributed by atoms with Gasteiger partial charge < -0.3 is 5.32 Å². The zero-order valence-corrected chi connectivity index (χ0v) is 13.7. The molecule has 0 radical (unpaired) electrons. The maximum Gasteiger partial charge on any atom is 0.417 e. The summed E-state index contributed by atoms with van der Waals surface area (Å²) in [6.45, 7) is 0.462. The Morgan fingerprint density at radius 2 is 1.90 bits per heavy atom. The number of benzene rings is 1. The summed E-state index contributed by atoms with van der Waals surface area (Å²) >= 11 is 6.14. The fraction of sp³-hybridized carbons (Fsp3) is 0.462. The highest BCUT2D eigenvalue weighted by Gasteiger charge is 2.33. The van der Waals surface area contributed by atoms with Gasteiger partial charge in [-0.1, -0.05) is 38.3 Å². The number of carbonyl (C=O) groups excluding carboxylic acids is 1. The quantitative estimate of drug-likeness (QED) is 0.525. The Labute approximate surface area is 132 Å². The predicted octanol–water partition coefficient (Wildman–Crippen LogP) is 4.76. The number of amides is 1. The molecule has 0 aliphatic rings. The molecule has 0 fully saturated rings. The summed E-state index contributed by atoms with van der Waals surface area (Å²) in [5.74, 6) is -0.484. The van der Waals surface area contributed by atoms with Crippen LogP contribution in [0.3, 0.4) is 0 Å². The first-order valence-electron chi connectivity index (χ1n) is 6.07. The number of hydrogen-bond acceptors (Lipinski definition) is 1. The molecule has 0 aliphatic carbocycles. The lowest BCUT2D eigenvalue weighted by molar-refractivity contribution is -0.138. The molecule has 112 valence electrons. The highest BCUT2D eigenvalue weighted by Crippen LogP contribution is 2.35. The molecule has 0 spiro atoms. The fourth-order valence-corrected chi connectivity index (χ4v) is 2.45. The number of halogens is 5. The Bertz CT molecular complexity index is 463. The van der Waals surface area contributed by atoms with Crippen LogP contribution in [0.25, 0.3) is 0 Å². The summed E-state index contributed by atoms with van der Waals surface area (Å²) in [4.78, 5) is 11.8. The van der Waals surface area contributed by atoms with Gasteiger partial charge in [0.2, 0.25) is 0 Å². The first-order valence-corrected chi connectivity index (χ1v) is 7.98. The third kappa shape index (κ3) is 5.44. The second-order valence-corrected chi connectivity index (χ2v) is 5.85. The zero-order valence-electron chi connectivity index (χ0n) is 10.6. The molecule has 2 nitrogen and oxygen atoms in total. The van der Waals surface area contributed by atoms with E-state index < -0.39 is 17.6 Å². The number of hydrogen-bond donors (Lipinski definition) is 1. The summed E-state index contributed by atoms with van der Waals surface area (Å²) in [5, 5.41) is 3.52. The number of carbonyl (C=O) groups is 1. The van der Waals surface area contributed by atoms with E-state index >= 15 is 0 Å². The molecule has 0 saturated carbocycles. The van der Waals surface area contributed by atoms with Crippen molar-refractivity contribution in [3.05, 3.63) is 33.8 Å². The van der Waals surface area contributed by atoms with Crippen molar-refractivity contribution in [3.63, 3.8) is 0 Å². The normalized spacial score (nSPS) is 11.4. The van der Waals surface area contributed by atoms with Gasteiger partial charge in [-0.25, -0.2) is 0 Å². The smallest absolute Gasteiger partial charge is 0.352 e. The van der Waals surface area contributed by atoms with Gasteiger partial charge in [0.25, 0.3) is 5.91 Å². The summed E-state index contributed by atoms with van der Waals surface area (Å²) in [7, 11) is 0. The molecule has 1 amide bonds. The van der Waals surface area contributed by atoms with Gasteiger partial charge in [-0.05, 0) is 31.0 Å².